The van der Waals surface area contributed by atoms with Crippen LogP contribution in [0.15, 0.2) is 24.3 Å². The van der Waals surface area contributed by atoms with Crippen molar-refractivity contribution in [1.82, 2.24) is 14.5 Å². The van der Waals surface area contributed by atoms with E-state index in [1.54, 1.807) is 0 Å². The Kier molecular flexibility index (Phi) is 10.0. The summed E-state index contributed by atoms with van der Waals surface area (Å²) in [7, 11) is -1.30. The van der Waals surface area contributed by atoms with Crippen LogP contribution in [0.2, 0.25) is 0 Å². The minimum absolute atomic E-state index is 0.0456. The van der Waals surface area contributed by atoms with E-state index in [2.05, 4.69) is 20.3 Å². The fraction of sp³-hybridized carbons (Fsp3) is 0.562. The molecule has 240 valence electrons. The molecule has 0 unspecified atom stereocenters. The molecule has 2 aromatic carbocycles. The van der Waals surface area contributed by atoms with Crippen LogP contribution in [-0.4, -0.2) is 76.6 Å². The molecule has 0 aromatic heterocycles. The van der Waals surface area contributed by atoms with Crippen molar-refractivity contribution in [3.8, 4) is 11.5 Å². The molecule has 3 N–H and O–H groups in total. The first-order valence-electron chi connectivity index (χ1n) is 15.5. The number of fused-ring (bicyclic) bond motifs is 1. The molecule has 0 radical (unpaired) electrons. The minimum atomic E-state index is -2.79. The summed E-state index contributed by atoms with van der Waals surface area (Å²) in [4.78, 5) is 30.0. The molecule has 3 aliphatic rings. The Morgan fingerprint density at radius 1 is 1.05 bits per heavy atom. The lowest BCUT2D eigenvalue weighted by atomic mass is 9.85. The van der Waals surface area contributed by atoms with Gasteiger partial charge in [0, 0.05) is 44.0 Å². The second-order valence-electron chi connectivity index (χ2n) is 13.0. The number of methoxy groups -OCH3 is 1. The Bertz CT molecular complexity index is 1460. The van der Waals surface area contributed by atoms with Gasteiger partial charge in [0.2, 0.25) is 16.8 Å². The van der Waals surface area contributed by atoms with Crippen molar-refractivity contribution in [2.75, 3.05) is 57.1 Å². The van der Waals surface area contributed by atoms with E-state index in [-0.39, 0.29) is 17.9 Å². The monoisotopic (exact) mass is 627 g/mol. The predicted molar refractivity (Wildman–Crippen MR) is 171 cm³/mol. The number of rotatable bonds is 12. The smallest absolute Gasteiger partial charge is 0.323 e. The third-order valence-electron chi connectivity index (χ3n) is 8.61. The molecule has 11 nitrogen and oxygen atoms in total. The molecule has 12 heteroatoms. The normalized spacial score (nSPS) is 17.1. The van der Waals surface area contributed by atoms with Crippen molar-refractivity contribution in [3.05, 3.63) is 46.5 Å². The number of nitrogens with zero attached hydrogens (tertiary/aromatic N) is 2. The van der Waals surface area contributed by atoms with E-state index in [9.17, 15) is 18.0 Å². The summed E-state index contributed by atoms with van der Waals surface area (Å²) < 4.78 is 36.6. The molecule has 2 aliphatic carbocycles. The zero-order chi connectivity index (χ0) is 31.4. The van der Waals surface area contributed by atoms with Gasteiger partial charge in [0.1, 0.15) is 18.1 Å². The van der Waals surface area contributed by atoms with E-state index in [4.69, 9.17) is 9.47 Å². The molecule has 44 heavy (non-hydrogen) atoms. The van der Waals surface area contributed by atoms with Crippen LogP contribution >= 0.6 is 0 Å². The van der Waals surface area contributed by atoms with Crippen LogP contribution in [0, 0.1) is 5.92 Å². The van der Waals surface area contributed by atoms with Crippen molar-refractivity contribution < 1.29 is 27.5 Å². The zero-order valence-electron chi connectivity index (χ0n) is 26.2. The number of anilines is 2. The first-order chi connectivity index (χ1) is 21.0. The van der Waals surface area contributed by atoms with E-state index in [0.717, 1.165) is 67.0 Å². The number of piperazine rings is 1. The van der Waals surface area contributed by atoms with Crippen LogP contribution in [0.5, 0.6) is 11.5 Å². The fourth-order valence-electron chi connectivity index (χ4n) is 5.98. The lowest BCUT2D eigenvalue weighted by molar-refractivity contribution is -0.136. The largest absolute Gasteiger partial charge is 0.494 e. The SMILES string of the molecule is COc1c(CN[SH](=O)=O)cc(C(C)(C)C)cc1NC(=O)Nc1ccc(OCCN2CCN(CC3CC3)C(=O)C2)c2c1CCC2. The third kappa shape index (κ3) is 8.02. The highest BCUT2D eigenvalue weighted by molar-refractivity contribution is 7.70. The number of carbonyl (C=O) groups excluding carboxylic acids is 2. The first-order valence-corrected chi connectivity index (χ1v) is 16.6. The molecule has 2 aromatic rings. The molecular weight excluding hydrogens is 582 g/mol. The standard InChI is InChI=1S/C32H45N5O6S/c1-32(2,3)23-16-22(18-33-44(40)41)30(42-4)27(17-23)35-31(39)34-26-10-11-28(25-7-5-6-24(25)26)43-15-14-36-12-13-37(29(38)20-36)19-21-8-9-21/h10-11,16-17,21,44H,5-9,12-15,18-20H2,1-4H3,(H,33,40,41)(H2,34,35,39). The number of hydrogen-bond acceptors (Lipinski definition) is 7. The predicted octanol–water partition coefficient (Wildman–Crippen LogP) is 3.67. The van der Waals surface area contributed by atoms with Crippen molar-refractivity contribution in [1.29, 1.82) is 0 Å². The summed E-state index contributed by atoms with van der Waals surface area (Å²) in [5.41, 5.74) is 4.68. The summed E-state index contributed by atoms with van der Waals surface area (Å²) in [6.07, 6.45) is 5.19. The molecular formula is C32H45N5O6S. The van der Waals surface area contributed by atoms with Gasteiger partial charge in [-0.3, -0.25) is 9.69 Å². The number of amides is 3. The summed E-state index contributed by atoms with van der Waals surface area (Å²) in [5.74, 6) is 2.16. The van der Waals surface area contributed by atoms with Crippen LogP contribution in [0.3, 0.4) is 0 Å². The summed E-state index contributed by atoms with van der Waals surface area (Å²) in [6.45, 7) is 10.4. The maximum Gasteiger partial charge on any atom is 0.323 e. The van der Waals surface area contributed by atoms with Crippen molar-refractivity contribution in [3.63, 3.8) is 0 Å². The summed E-state index contributed by atoms with van der Waals surface area (Å²) in [6, 6.07) is 7.12. The topological polar surface area (TPSA) is 129 Å². The highest BCUT2D eigenvalue weighted by Crippen LogP contribution is 2.38. The summed E-state index contributed by atoms with van der Waals surface area (Å²) in [5, 5.41) is 5.93. The van der Waals surface area contributed by atoms with Gasteiger partial charge in [0.05, 0.1) is 19.3 Å². The Morgan fingerprint density at radius 2 is 1.80 bits per heavy atom. The summed E-state index contributed by atoms with van der Waals surface area (Å²) >= 11 is 0. The molecule has 0 atom stereocenters. The van der Waals surface area contributed by atoms with E-state index in [0.29, 0.717) is 42.6 Å². The highest BCUT2D eigenvalue weighted by Gasteiger charge is 2.30. The molecule has 1 heterocycles. The molecule has 2 fully saturated rings. The Labute approximate surface area is 261 Å². The van der Waals surface area contributed by atoms with Crippen LogP contribution in [-0.2, 0) is 40.5 Å². The van der Waals surface area contributed by atoms with Crippen molar-refractivity contribution in [2.45, 2.75) is 64.8 Å². The fourth-order valence-corrected chi connectivity index (χ4v) is 6.28. The molecule has 3 amide bonds. The van der Waals surface area contributed by atoms with Crippen LogP contribution < -0.4 is 24.8 Å². The highest BCUT2D eigenvalue weighted by atomic mass is 32.2. The van der Waals surface area contributed by atoms with E-state index in [1.165, 1.54) is 20.0 Å². The minimum Gasteiger partial charge on any atom is -0.494 e. The molecule has 5 rings (SSSR count). The van der Waals surface area contributed by atoms with Gasteiger partial charge in [-0.2, -0.15) is 0 Å². The van der Waals surface area contributed by atoms with Gasteiger partial charge in [0.25, 0.3) is 0 Å². The number of carbonyl (C=O) groups is 2. The van der Waals surface area contributed by atoms with E-state index < -0.39 is 16.9 Å². The molecule has 1 aliphatic heterocycles. The van der Waals surface area contributed by atoms with Gasteiger partial charge in [-0.1, -0.05) is 26.8 Å². The van der Waals surface area contributed by atoms with Crippen LogP contribution in [0.4, 0.5) is 16.2 Å². The maximum atomic E-state index is 13.3. The van der Waals surface area contributed by atoms with Gasteiger partial charge in [-0.05, 0) is 78.3 Å². The quantitative estimate of drug-likeness (QED) is 0.264. The second kappa shape index (κ2) is 13.7. The van der Waals surface area contributed by atoms with Crippen molar-refractivity contribution in [2.24, 2.45) is 5.92 Å². The number of thiol groups is 1. The van der Waals surface area contributed by atoms with E-state index in [1.807, 2.05) is 49.9 Å². The average molecular weight is 628 g/mol. The van der Waals surface area contributed by atoms with Gasteiger partial charge < -0.3 is 25.0 Å². The lowest BCUT2D eigenvalue weighted by Gasteiger charge is -2.34. The molecule has 1 saturated heterocycles. The van der Waals surface area contributed by atoms with Gasteiger partial charge in [0.15, 0.2) is 0 Å². The number of hydrogen-bond donors (Lipinski definition) is 4. The lowest BCUT2D eigenvalue weighted by Crippen LogP contribution is -2.51. The van der Waals surface area contributed by atoms with Crippen LogP contribution in [0.1, 0.15) is 62.3 Å². The van der Waals surface area contributed by atoms with Gasteiger partial charge in [-0.25, -0.2) is 17.9 Å². The average Bonchev–Trinajstić information content (AvgIpc) is 3.64. The number of ether oxygens (including phenoxy) is 2. The van der Waals surface area contributed by atoms with Gasteiger partial charge >= 0.3 is 6.03 Å². The Morgan fingerprint density at radius 3 is 2.48 bits per heavy atom. The number of benzene rings is 2. The van der Waals surface area contributed by atoms with Gasteiger partial charge in [-0.15, -0.1) is 0 Å². The van der Waals surface area contributed by atoms with Crippen molar-refractivity contribution >= 4 is 34.2 Å². The van der Waals surface area contributed by atoms with Crippen LogP contribution in [0.25, 0.3) is 0 Å². The number of nitrogens with one attached hydrogen (secondary N) is 3. The Hall–Kier alpha value is -3.35. The number of urea groups is 1. The first kappa shape index (κ1) is 32.1. The molecule has 1 saturated carbocycles. The Balaban J connectivity index is 1.22. The molecule has 0 spiro atoms. The molecule has 0 bridgehead atoms. The van der Waals surface area contributed by atoms with E-state index >= 15 is 0 Å². The maximum absolute atomic E-state index is 13.3. The third-order valence-corrected chi connectivity index (χ3v) is 9.03. The second-order valence-corrected chi connectivity index (χ2v) is 13.8. The zero-order valence-corrected chi connectivity index (χ0v) is 27.1.